The zero-order chi connectivity index (χ0) is 7.56. The van der Waals surface area contributed by atoms with Gasteiger partial charge >= 0.3 is 0 Å². The minimum atomic E-state index is -0.753. The van der Waals surface area contributed by atoms with Crippen LogP contribution in [0.1, 0.15) is 26.2 Å². The average molecular weight is 143 g/mol. The van der Waals surface area contributed by atoms with E-state index in [4.69, 9.17) is 5.11 Å². The Morgan fingerprint density at radius 1 is 1.80 bits per heavy atom. The molecule has 3 nitrogen and oxygen atoms in total. The van der Waals surface area contributed by atoms with Crippen LogP contribution in [0.4, 0.5) is 0 Å². The molecule has 3 heteroatoms. The molecule has 0 radical (unpaired) electrons. The van der Waals surface area contributed by atoms with Crippen molar-refractivity contribution < 1.29 is 9.90 Å². The summed E-state index contributed by atoms with van der Waals surface area (Å²) >= 11 is 0. The SMILES string of the molecule is CCCC1CC(O)C(=O)N1. The fraction of sp³-hybridized carbons (Fsp3) is 0.857. The highest BCUT2D eigenvalue weighted by molar-refractivity contribution is 5.83. The van der Waals surface area contributed by atoms with Gasteiger partial charge in [-0.1, -0.05) is 13.3 Å². The molecule has 2 unspecified atom stereocenters. The molecule has 2 atom stereocenters. The zero-order valence-corrected chi connectivity index (χ0v) is 6.13. The molecule has 1 saturated heterocycles. The molecule has 10 heavy (non-hydrogen) atoms. The summed E-state index contributed by atoms with van der Waals surface area (Å²) in [7, 11) is 0. The Labute approximate surface area is 60.4 Å². The summed E-state index contributed by atoms with van der Waals surface area (Å²) in [6, 6.07) is 0.215. The first kappa shape index (κ1) is 7.54. The van der Waals surface area contributed by atoms with E-state index in [9.17, 15) is 4.79 Å². The molecule has 1 fully saturated rings. The Morgan fingerprint density at radius 2 is 2.50 bits per heavy atom. The number of carbonyl (C=O) groups excluding carboxylic acids is 1. The molecular formula is C7H13NO2. The second kappa shape index (κ2) is 3.01. The molecule has 2 N–H and O–H groups in total. The number of aliphatic hydroxyl groups is 1. The lowest BCUT2D eigenvalue weighted by Gasteiger charge is -2.05. The molecule has 0 saturated carbocycles. The number of aliphatic hydroxyl groups excluding tert-OH is 1. The number of hydrogen-bond acceptors (Lipinski definition) is 2. The van der Waals surface area contributed by atoms with Crippen molar-refractivity contribution in [1.82, 2.24) is 5.32 Å². The van der Waals surface area contributed by atoms with E-state index in [1.807, 2.05) is 0 Å². The molecule has 0 spiro atoms. The van der Waals surface area contributed by atoms with Crippen LogP contribution in [0.5, 0.6) is 0 Å². The van der Waals surface area contributed by atoms with E-state index in [2.05, 4.69) is 12.2 Å². The number of amides is 1. The molecule has 0 aromatic heterocycles. The van der Waals surface area contributed by atoms with E-state index in [1.54, 1.807) is 0 Å². The van der Waals surface area contributed by atoms with E-state index in [0.29, 0.717) is 6.42 Å². The van der Waals surface area contributed by atoms with Crippen molar-refractivity contribution in [3.63, 3.8) is 0 Å². The third kappa shape index (κ3) is 1.48. The summed E-state index contributed by atoms with van der Waals surface area (Å²) < 4.78 is 0. The fourth-order valence-corrected chi connectivity index (χ4v) is 1.27. The third-order valence-electron chi connectivity index (χ3n) is 1.79. The van der Waals surface area contributed by atoms with Crippen molar-refractivity contribution in [2.45, 2.75) is 38.3 Å². The lowest BCUT2D eigenvalue weighted by atomic mass is 10.1. The van der Waals surface area contributed by atoms with Crippen LogP contribution in [0.15, 0.2) is 0 Å². The lowest BCUT2D eigenvalue weighted by molar-refractivity contribution is -0.126. The zero-order valence-electron chi connectivity index (χ0n) is 6.13. The van der Waals surface area contributed by atoms with Crippen LogP contribution in [0.25, 0.3) is 0 Å². The highest BCUT2D eigenvalue weighted by atomic mass is 16.3. The normalized spacial score (nSPS) is 32.4. The molecule has 1 aliphatic heterocycles. The molecule has 1 rings (SSSR count). The Balaban J connectivity index is 2.34. The Bertz CT molecular complexity index is 136. The minimum absolute atomic E-state index is 0.210. The second-order valence-electron chi connectivity index (χ2n) is 2.75. The van der Waals surface area contributed by atoms with Crippen LogP contribution in [0.3, 0.4) is 0 Å². The van der Waals surface area contributed by atoms with Crippen molar-refractivity contribution >= 4 is 5.91 Å². The van der Waals surface area contributed by atoms with Gasteiger partial charge in [0.15, 0.2) is 0 Å². The predicted octanol–water partition coefficient (Wildman–Crippen LogP) is 0.0359. The average Bonchev–Trinajstić information content (AvgIpc) is 2.14. The van der Waals surface area contributed by atoms with Crippen LogP contribution < -0.4 is 5.32 Å². The summed E-state index contributed by atoms with van der Waals surface area (Å²) in [6.07, 6.45) is 1.86. The van der Waals surface area contributed by atoms with Crippen molar-refractivity contribution in [3.8, 4) is 0 Å². The first-order valence-corrected chi connectivity index (χ1v) is 3.72. The summed E-state index contributed by atoms with van der Waals surface area (Å²) in [5, 5.41) is 11.7. The van der Waals surface area contributed by atoms with Gasteiger partial charge in [0.25, 0.3) is 0 Å². The van der Waals surface area contributed by atoms with Gasteiger partial charge in [0, 0.05) is 12.5 Å². The molecule has 58 valence electrons. The van der Waals surface area contributed by atoms with Crippen molar-refractivity contribution in [3.05, 3.63) is 0 Å². The maximum atomic E-state index is 10.7. The van der Waals surface area contributed by atoms with Gasteiger partial charge in [0.05, 0.1) is 0 Å². The number of rotatable bonds is 2. The smallest absolute Gasteiger partial charge is 0.249 e. The molecule has 0 aromatic carbocycles. The van der Waals surface area contributed by atoms with Crippen molar-refractivity contribution in [2.24, 2.45) is 0 Å². The van der Waals surface area contributed by atoms with Gasteiger partial charge in [-0.05, 0) is 6.42 Å². The summed E-state index contributed by atoms with van der Waals surface area (Å²) in [6.45, 7) is 2.07. The topological polar surface area (TPSA) is 49.3 Å². The third-order valence-corrected chi connectivity index (χ3v) is 1.79. The molecule has 0 aliphatic carbocycles. The van der Waals surface area contributed by atoms with Crippen molar-refractivity contribution in [2.75, 3.05) is 0 Å². The first-order chi connectivity index (χ1) is 4.74. The van der Waals surface area contributed by atoms with Gasteiger partial charge in [-0.3, -0.25) is 4.79 Å². The largest absolute Gasteiger partial charge is 0.383 e. The lowest BCUT2D eigenvalue weighted by Crippen LogP contribution is -2.27. The molecule has 0 bridgehead atoms. The minimum Gasteiger partial charge on any atom is -0.383 e. The molecule has 1 amide bonds. The van der Waals surface area contributed by atoms with Gasteiger partial charge in [0.2, 0.25) is 5.91 Å². The van der Waals surface area contributed by atoms with Crippen LogP contribution in [0.2, 0.25) is 0 Å². The second-order valence-corrected chi connectivity index (χ2v) is 2.75. The van der Waals surface area contributed by atoms with Crippen LogP contribution >= 0.6 is 0 Å². The van der Waals surface area contributed by atoms with Gasteiger partial charge in [-0.15, -0.1) is 0 Å². The standard InChI is InChI=1S/C7H13NO2/c1-2-3-5-4-6(9)7(10)8-5/h5-6,9H,2-4H2,1H3,(H,8,10). The molecule has 1 heterocycles. The van der Waals surface area contributed by atoms with Crippen molar-refractivity contribution in [1.29, 1.82) is 0 Å². The van der Waals surface area contributed by atoms with Crippen LogP contribution in [-0.2, 0) is 4.79 Å². The summed E-state index contributed by atoms with van der Waals surface area (Å²) in [4.78, 5) is 10.7. The molecule has 1 aliphatic rings. The van der Waals surface area contributed by atoms with Gasteiger partial charge < -0.3 is 10.4 Å². The number of hydrogen-bond donors (Lipinski definition) is 2. The number of nitrogens with one attached hydrogen (secondary N) is 1. The van der Waals surface area contributed by atoms with Crippen LogP contribution in [0, 0.1) is 0 Å². The Kier molecular flexibility index (Phi) is 2.27. The summed E-state index contributed by atoms with van der Waals surface area (Å²) in [5.41, 5.74) is 0. The Morgan fingerprint density at radius 3 is 2.90 bits per heavy atom. The van der Waals surface area contributed by atoms with Gasteiger partial charge in [-0.2, -0.15) is 0 Å². The number of carbonyl (C=O) groups is 1. The van der Waals surface area contributed by atoms with E-state index in [-0.39, 0.29) is 11.9 Å². The molecule has 0 aromatic rings. The quantitative estimate of drug-likeness (QED) is 0.573. The van der Waals surface area contributed by atoms with Gasteiger partial charge in [0.1, 0.15) is 6.10 Å². The Hall–Kier alpha value is -0.570. The highest BCUT2D eigenvalue weighted by Gasteiger charge is 2.28. The predicted molar refractivity (Wildman–Crippen MR) is 37.5 cm³/mol. The highest BCUT2D eigenvalue weighted by Crippen LogP contribution is 2.11. The van der Waals surface area contributed by atoms with E-state index in [1.165, 1.54) is 0 Å². The maximum Gasteiger partial charge on any atom is 0.249 e. The molecular weight excluding hydrogens is 130 g/mol. The maximum absolute atomic E-state index is 10.7. The van der Waals surface area contributed by atoms with E-state index < -0.39 is 6.10 Å². The first-order valence-electron chi connectivity index (χ1n) is 3.72. The van der Waals surface area contributed by atoms with Gasteiger partial charge in [-0.25, -0.2) is 0 Å². The summed E-state index contributed by atoms with van der Waals surface area (Å²) in [5.74, 6) is -0.210. The fourth-order valence-electron chi connectivity index (χ4n) is 1.27. The van der Waals surface area contributed by atoms with Crippen LogP contribution in [-0.4, -0.2) is 23.2 Å². The van der Waals surface area contributed by atoms with E-state index >= 15 is 0 Å². The monoisotopic (exact) mass is 143 g/mol. The van der Waals surface area contributed by atoms with E-state index in [0.717, 1.165) is 12.8 Å².